The van der Waals surface area contributed by atoms with Gasteiger partial charge in [-0.05, 0) is 18.6 Å². The highest BCUT2D eigenvalue weighted by Crippen LogP contribution is 2.23. The molecule has 1 aromatic carbocycles. The van der Waals surface area contributed by atoms with Crippen LogP contribution in [0.3, 0.4) is 0 Å². The third-order valence-corrected chi connectivity index (χ3v) is 5.49. The number of nitrogen functional groups attached to an aromatic ring is 1. The summed E-state index contributed by atoms with van der Waals surface area (Å²) in [5.74, 6) is 0. The Morgan fingerprint density at radius 3 is 2.50 bits per heavy atom. The minimum absolute atomic E-state index is 0.239. The van der Waals surface area contributed by atoms with Crippen LogP contribution >= 0.6 is 11.3 Å². The van der Waals surface area contributed by atoms with Gasteiger partial charge in [-0.3, -0.25) is 0 Å². The third-order valence-electron chi connectivity index (χ3n) is 2.49. The van der Waals surface area contributed by atoms with E-state index in [0.29, 0.717) is 5.69 Å². The predicted molar refractivity (Wildman–Crippen MR) is 73.9 cm³/mol. The number of thiophene rings is 1. The molecular formula is C12H14N2O2S2. The van der Waals surface area contributed by atoms with E-state index in [1.807, 2.05) is 37.3 Å². The lowest BCUT2D eigenvalue weighted by Crippen LogP contribution is -2.26. The molecular weight excluding hydrogens is 268 g/mol. The second-order valence-electron chi connectivity index (χ2n) is 3.95. The normalized spacial score (nSPS) is 13.4. The Morgan fingerprint density at radius 1 is 1.28 bits per heavy atom. The molecule has 18 heavy (non-hydrogen) atoms. The number of nitrogens with two attached hydrogens (primary N) is 1. The summed E-state index contributed by atoms with van der Waals surface area (Å²) in [6.07, 6.45) is 0. The smallest absolute Gasteiger partial charge is 0.250 e. The average Bonchev–Trinajstić information content (AvgIpc) is 2.77. The van der Waals surface area contributed by atoms with Gasteiger partial charge < -0.3 is 5.73 Å². The molecule has 0 saturated heterocycles. The van der Waals surface area contributed by atoms with Crippen molar-refractivity contribution in [1.29, 1.82) is 0 Å². The van der Waals surface area contributed by atoms with Crippen LogP contribution in [0.25, 0.3) is 0 Å². The average molecular weight is 282 g/mol. The first-order chi connectivity index (χ1) is 8.49. The Kier molecular flexibility index (Phi) is 3.70. The fourth-order valence-corrected chi connectivity index (χ4v) is 3.90. The number of anilines is 1. The molecule has 0 saturated carbocycles. The second kappa shape index (κ2) is 5.09. The quantitative estimate of drug-likeness (QED) is 0.904. The van der Waals surface area contributed by atoms with Crippen LogP contribution in [-0.4, -0.2) is 8.42 Å². The van der Waals surface area contributed by atoms with Crippen LogP contribution in [0.1, 0.15) is 18.5 Å². The highest BCUT2D eigenvalue weighted by Gasteiger charge is 2.19. The lowest BCUT2D eigenvalue weighted by molar-refractivity contribution is 0.569. The van der Waals surface area contributed by atoms with Crippen molar-refractivity contribution in [1.82, 2.24) is 4.72 Å². The summed E-state index contributed by atoms with van der Waals surface area (Å²) in [7, 11) is -3.50. The van der Waals surface area contributed by atoms with E-state index in [9.17, 15) is 8.42 Å². The van der Waals surface area contributed by atoms with Crippen LogP contribution in [0.5, 0.6) is 0 Å². The molecule has 1 heterocycles. The van der Waals surface area contributed by atoms with Gasteiger partial charge in [0.15, 0.2) is 0 Å². The Hall–Kier alpha value is -1.37. The van der Waals surface area contributed by atoms with Gasteiger partial charge in [-0.1, -0.05) is 30.3 Å². The molecule has 3 N–H and O–H groups in total. The van der Waals surface area contributed by atoms with Crippen molar-refractivity contribution in [3.05, 3.63) is 47.3 Å². The Balaban J connectivity index is 2.19. The molecule has 6 heteroatoms. The van der Waals surface area contributed by atoms with Gasteiger partial charge in [0.25, 0.3) is 10.0 Å². The molecule has 0 aliphatic heterocycles. The van der Waals surface area contributed by atoms with Crippen molar-refractivity contribution in [3.8, 4) is 0 Å². The van der Waals surface area contributed by atoms with Crippen LogP contribution in [0.2, 0.25) is 0 Å². The van der Waals surface area contributed by atoms with Crippen molar-refractivity contribution in [2.75, 3.05) is 5.73 Å². The van der Waals surface area contributed by atoms with Gasteiger partial charge in [-0.25, -0.2) is 13.1 Å². The number of hydrogen-bond acceptors (Lipinski definition) is 4. The zero-order chi connectivity index (χ0) is 13.2. The predicted octanol–water partition coefficient (Wildman–Crippen LogP) is 2.37. The van der Waals surface area contributed by atoms with Crippen LogP contribution in [0, 0.1) is 0 Å². The van der Waals surface area contributed by atoms with Gasteiger partial charge in [0, 0.05) is 17.1 Å². The maximum Gasteiger partial charge on any atom is 0.250 e. The van der Waals surface area contributed by atoms with E-state index < -0.39 is 10.0 Å². The maximum absolute atomic E-state index is 12.1. The van der Waals surface area contributed by atoms with Crippen molar-refractivity contribution in [3.63, 3.8) is 0 Å². The summed E-state index contributed by atoms with van der Waals surface area (Å²) in [5.41, 5.74) is 6.92. The van der Waals surface area contributed by atoms with E-state index >= 15 is 0 Å². The van der Waals surface area contributed by atoms with Crippen LogP contribution in [0.4, 0.5) is 5.69 Å². The van der Waals surface area contributed by atoms with Crippen LogP contribution in [0.15, 0.2) is 46.0 Å². The molecule has 1 aromatic heterocycles. The Labute approximate surface area is 111 Å². The van der Waals surface area contributed by atoms with Gasteiger partial charge in [0.2, 0.25) is 0 Å². The largest absolute Gasteiger partial charge is 0.398 e. The number of rotatable bonds is 4. The number of sulfonamides is 1. The summed E-state index contributed by atoms with van der Waals surface area (Å²) >= 11 is 1.12. The SMILES string of the molecule is C[C@@H](NS(=O)(=O)c1cc(N)cs1)c1ccccc1. The van der Waals surface area contributed by atoms with E-state index in [0.717, 1.165) is 16.9 Å². The fourth-order valence-electron chi connectivity index (χ4n) is 1.57. The summed E-state index contributed by atoms with van der Waals surface area (Å²) in [6.45, 7) is 1.81. The topological polar surface area (TPSA) is 72.2 Å². The summed E-state index contributed by atoms with van der Waals surface area (Å²) in [4.78, 5) is 0. The maximum atomic E-state index is 12.1. The zero-order valence-electron chi connectivity index (χ0n) is 9.83. The van der Waals surface area contributed by atoms with Crippen LogP contribution < -0.4 is 10.5 Å². The Morgan fingerprint density at radius 2 is 1.94 bits per heavy atom. The highest BCUT2D eigenvalue weighted by molar-refractivity contribution is 7.91. The van der Waals surface area contributed by atoms with Gasteiger partial charge in [0.05, 0.1) is 0 Å². The lowest BCUT2D eigenvalue weighted by atomic mass is 10.1. The summed E-state index contributed by atoms with van der Waals surface area (Å²) in [5, 5.41) is 1.61. The Bertz CT molecular complexity index is 621. The van der Waals surface area contributed by atoms with Gasteiger partial charge >= 0.3 is 0 Å². The molecule has 4 nitrogen and oxygen atoms in total. The van der Waals surface area contributed by atoms with Gasteiger partial charge in [-0.2, -0.15) is 0 Å². The van der Waals surface area contributed by atoms with Crippen molar-refractivity contribution in [2.45, 2.75) is 17.2 Å². The molecule has 1 atom stereocenters. The highest BCUT2D eigenvalue weighted by atomic mass is 32.2. The number of nitrogens with one attached hydrogen (secondary N) is 1. The van der Waals surface area contributed by atoms with E-state index in [-0.39, 0.29) is 10.3 Å². The second-order valence-corrected chi connectivity index (χ2v) is 6.80. The first kappa shape index (κ1) is 13.1. The fraction of sp³-hybridized carbons (Fsp3) is 0.167. The lowest BCUT2D eigenvalue weighted by Gasteiger charge is -2.13. The van der Waals surface area contributed by atoms with Crippen molar-refractivity contribution in [2.24, 2.45) is 0 Å². The molecule has 0 spiro atoms. The summed E-state index contributed by atoms with van der Waals surface area (Å²) in [6, 6.07) is 10.6. The molecule has 2 aromatic rings. The van der Waals surface area contributed by atoms with Crippen molar-refractivity contribution < 1.29 is 8.42 Å². The molecule has 2 rings (SSSR count). The van der Waals surface area contributed by atoms with E-state index in [1.54, 1.807) is 5.38 Å². The standard InChI is InChI=1S/C12H14N2O2S2/c1-9(10-5-3-2-4-6-10)14-18(15,16)12-7-11(13)8-17-12/h2-9,14H,13H2,1H3/t9-/m1/s1. The number of hydrogen-bond donors (Lipinski definition) is 2. The molecule has 0 aliphatic rings. The number of benzene rings is 1. The molecule has 0 amide bonds. The minimum Gasteiger partial charge on any atom is -0.398 e. The molecule has 0 radical (unpaired) electrons. The van der Waals surface area contributed by atoms with E-state index in [4.69, 9.17) is 5.73 Å². The third kappa shape index (κ3) is 2.90. The van der Waals surface area contributed by atoms with E-state index in [1.165, 1.54) is 6.07 Å². The van der Waals surface area contributed by atoms with E-state index in [2.05, 4.69) is 4.72 Å². The monoisotopic (exact) mass is 282 g/mol. The molecule has 0 aliphatic carbocycles. The zero-order valence-corrected chi connectivity index (χ0v) is 11.5. The summed E-state index contributed by atoms with van der Waals surface area (Å²) < 4.78 is 27.0. The van der Waals surface area contributed by atoms with Crippen molar-refractivity contribution >= 4 is 27.0 Å². The molecule has 0 bridgehead atoms. The first-order valence-corrected chi connectivity index (χ1v) is 7.76. The first-order valence-electron chi connectivity index (χ1n) is 5.40. The van der Waals surface area contributed by atoms with Gasteiger partial charge in [0.1, 0.15) is 4.21 Å². The molecule has 0 unspecified atom stereocenters. The molecule has 0 fully saturated rings. The molecule has 96 valence electrons. The minimum atomic E-state index is -3.50. The van der Waals surface area contributed by atoms with Crippen LogP contribution in [-0.2, 0) is 10.0 Å². The van der Waals surface area contributed by atoms with Gasteiger partial charge in [-0.15, -0.1) is 11.3 Å².